The Morgan fingerprint density at radius 2 is 0.846 bits per heavy atom. The number of hydrogen-bond donors (Lipinski definition) is 6. The number of aliphatic hydroxyl groups excluding tert-OH is 5. The SMILES string of the molecule is CCCCCCCCCCC/C=C/C/C=C/CCCC(=O)O[C@@H](COC(=O)CCCCCCCCCCCCCCCCCCCCC)COP(=O)(O)OC1C(O)C(O)C(O)[C@H](O)C1O. The Morgan fingerprint density at radius 1 is 0.477 bits per heavy atom. The molecule has 1 rings (SSSR count). The van der Waals surface area contributed by atoms with E-state index >= 15 is 0 Å². The molecule has 6 N–H and O–H groups in total. The summed E-state index contributed by atoms with van der Waals surface area (Å²) >= 11 is 0. The molecule has 0 aromatic carbocycles. The Bertz CT molecular complexity index is 1230. The van der Waals surface area contributed by atoms with Crippen molar-refractivity contribution in [3.8, 4) is 0 Å². The van der Waals surface area contributed by atoms with Crippen LogP contribution < -0.4 is 0 Å². The summed E-state index contributed by atoms with van der Waals surface area (Å²) in [6.45, 7) is 3.30. The predicted molar refractivity (Wildman–Crippen MR) is 258 cm³/mol. The van der Waals surface area contributed by atoms with Crippen molar-refractivity contribution in [1.29, 1.82) is 0 Å². The number of carbonyl (C=O) groups excluding carboxylic acids is 2. The van der Waals surface area contributed by atoms with E-state index in [1.54, 1.807) is 0 Å². The van der Waals surface area contributed by atoms with Crippen molar-refractivity contribution >= 4 is 19.8 Å². The van der Waals surface area contributed by atoms with Crippen molar-refractivity contribution in [2.75, 3.05) is 13.2 Å². The molecule has 6 unspecified atom stereocenters. The number of allylic oxidation sites excluding steroid dienone is 4. The minimum atomic E-state index is -5.13. The fourth-order valence-corrected chi connectivity index (χ4v) is 9.07. The lowest BCUT2D eigenvalue weighted by atomic mass is 9.85. The molecule has 0 bridgehead atoms. The van der Waals surface area contributed by atoms with E-state index in [-0.39, 0.29) is 12.8 Å². The molecule has 0 aromatic heterocycles. The van der Waals surface area contributed by atoms with Crippen molar-refractivity contribution in [2.24, 2.45) is 0 Å². The lowest BCUT2D eigenvalue weighted by molar-refractivity contribution is -0.220. The zero-order valence-corrected chi connectivity index (χ0v) is 41.7. The summed E-state index contributed by atoms with van der Waals surface area (Å²) in [6.07, 6.45) is 33.8. The third-order valence-corrected chi connectivity index (χ3v) is 13.3. The molecule has 8 atom stereocenters. The lowest BCUT2D eigenvalue weighted by Crippen LogP contribution is -2.64. The van der Waals surface area contributed by atoms with Gasteiger partial charge in [0.15, 0.2) is 6.10 Å². The summed E-state index contributed by atoms with van der Waals surface area (Å²) in [5.74, 6) is -1.14. The van der Waals surface area contributed by atoms with Gasteiger partial charge in [0.1, 0.15) is 43.2 Å². The van der Waals surface area contributed by atoms with Gasteiger partial charge in [-0.1, -0.05) is 205 Å². The number of ether oxygens (including phenoxy) is 2. The number of rotatable bonds is 44. The van der Waals surface area contributed by atoms with Gasteiger partial charge >= 0.3 is 19.8 Å². The van der Waals surface area contributed by atoms with Gasteiger partial charge in [-0.25, -0.2) is 4.57 Å². The normalized spacial score (nSPS) is 21.5. The molecule has 1 saturated carbocycles. The first-order valence-corrected chi connectivity index (χ1v) is 27.6. The molecule has 65 heavy (non-hydrogen) atoms. The monoisotopic (exact) mass is 947 g/mol. The first kappa shape index (κ1) is 61.3. The van der Waals surface area contributed by atoms with Crippen LogP contribution in [0.1, 0.15) is 232 Å². The Balaban J connectivity index is 2.41. The average Bonchev–Trinajstić information content (AvgIpc) is 3.29. The van der Waals surface area contributed by atoms with Gasteiger partial charge < -0.3 is 39.9 Å². The Morgan fingerprint density at radius 3 is 1.29 bits per heavy atom. The number of esters is 2. The van der Waals surface area contributed by atoms with E-state index in [0.717, 1.165) is 32.1 Å². The average molecular weight is 947 g/mol. The maximum atomic E-state index is 12.8. The van der Waals surface area contributed by atoms with Crippen LogP contribution in [0.4, 0.5) is 0 Å². The minimum Gasteiger partial charge on any atom is -0.462 e. The van der Waals surface area contributed by atoms with Gasteiger partial charge in [0.25, 0.3) is 0 Å². The molecule has 1 aliphatic rings. The Labute approximate surface area is 394 Å². The van der Waals surface area contributed by atoms with Crippen LogP contribution >= 0.6 is 7.82 Å². The number of carbonyl (C=O) groups is 2. The largest absolute Gasteiger partial charge is 0.472 e. The molecule has 1 fully saturated rings. The number of phosphoric acid groups is 1. The highest BCUT2D eigenvalue weighted by molar-refractivity contribution is 7.47. The smallest absolute Gasteiger partial charge is 0.462 e. The Hall–Kier alpha value is -1.67. The maximum Gasteiger partial charge on any atom is 0.472 e. The van der Waals surface area contributed by atoms with Gasteiger partial charge in [0.05, 0.1) is 6.61 Å². The highest BCUT2D eigenvalue weighted by Gasteiger charge is 2.51. The van der Waals surface area contributed by atoms with E-state index in [9.17, 15) is 44.6 Å². The third kappa shape index (κ3) is 33.5. The number of aliphatic hydroxyl groups is 5. The van der Waals surface area contributed by atoms with Crippen molar-refractivity contribution in [1.82, 2.24) is 0 Å². The summed E-state index contributed by atoms with van der Waals surface area (Å²) in [5, 5.41) is 50.2. The molecule has 14 heteroatoms. The minimum absolute atomic E-state index is 0.0361. The quantitative estimate of drug-likeness (QED) is 0.0146. The van der Waals surface area contributed by atoms with E-state index in [2.05, 4.69) is 26.0 Å². The van der Waals surface area contributed by atoms with Gasteiger partial charge in [0.2, 0.25) is 0 Å². The molecule has 0 heterocycles. The van der Waals surface area contributed by atoms with Crippen molar-refractivity contribution < 1.29 is 63.1 Å². The molecular formula is C51H95O13P. The summed E-state index contributed by atoms with van der Waals surface area (Å²) in [6, 6.07) is 0. The van der Waals surface area contributed by atoms with E-state index in [1.807, 2.05) is 12.2 Å². The second-order valence-corrected chi connectivity index (χ2v) is 19.8. The zero-order chi connectivity index (χ0) is 47.8. The number of unbranched alkanes of at least 4 members (excludes halogenated alkanes) is 28. The first-order valence-electron chi connectivity index (χ1n) is 26.1. The second kappa shape index (κ2) is 41.3. The third-order valence-electron chi connectivity index (χ3n) is 12.3. The molecule has 382 valence electrons. The molecule has 0 aromatic rings. The second-order valence-electron chi connectivity index (χ2n) is 18.4. The summed E-state index contributed by atoms with van der Waals surface area (Å²) in [4.78, 5) is 35.8. The van der Waals surface area contributed by atoms with Gasteiger partial charge in [-0.05, 0) is 38.5 Å². The van der Waals surface area contributed by atoms with Crippen molar-refractivity contribution in [2.45, 2.75) is 275 Å². The molecular weight excluding hydrogens is 852 g/mol. The van der Waals surface area contributed by atoms with Crippen LogP contribution in [-0.4, -0.2) is 98.3 Å². The molecule has 0 saturated heterocycles. The standard InChI is InChI=1S/C51H95O13P/c1-3-5-7-9-11-13-15-17-19-21-22-24-25-27-29-31-33-35-37-39-44(52)61-41-43(42-62-65(59,60)64-51-49(57)47(55)46(54)48(56)50(51)58)63-45(53)40-38-36-34-32-30-28-26-23-20-18-16-14-12-10-8-6-4-2/h26,28,32,34,43,46-51,54-58H,3-25,27,29-31,33,35-42H2,1-2H3,(H,59,60)/b28-26+,34-32+/t43-,46?,47-,48?,49?,50?,51?/m0/s1. The Kier molecular flexibility index (Phi) is 39.0. The molecule has 0 aliphatic heterocycles. The lowest BCUT2D eigenvalue weighted by Gasteiger charge is -2.41. The molecule has 0 radical (unpaired) electrons. The van der Waals surface area contributed by atoms with Crippen LogP contribution in [-0.2, 0) is 32.7 Å². The summed E-state index contributed by atoms with van der Waals surface area (Å²) in [5.41, 5.74) is 0. The molecule has 0 spiro atoms. The molecule has 0 amide bonds. The van der Waals surface area contributed by atoms with Gasteiger partial charge in [-0.2, -0.15) is 0 Å². The van der Waals surface area contributed by atoms with Gasteiger partial charge in [-0.3, -0.25) is 18.6 Å². The predicted octanol–water partition coefficient (Wildman–Crippen LogP) is 11.2. The van der Waals surface area contributed by atoms with E-state index < -0.39 is 75.7 Å². The van der Waals surface area contributed by atoms with Gasteiger partial charge in [0, 0.05) is 12.8 Å². The van der Waals surface area contributed by atoms with Crippen LogP contribution in [0.5, 0.6) is 0 Å². The van der Waals surface area contributed by atoms with Crippen LogP contribution in [0.15, 0.2) is 24.3 Å². The fourth-order valence-electron chi connectivity index (χ4n) is 8.09. The number of hydrogen-bond acceptors (Lipinski definition) is 12. The number of phosphoric ester groups is 1. The van der Waals surface area contributed by atoms with Crippen molar-refractivity contribution in [3.63, 3.8) is 0 Å². The van der Waals surface area contributed by atoms with Crippen LogP contribution in [0.3, 0.4) is 0 Å². The van der Waals surface area contributed by atoms with Crippen LogP contribution in [0.2, 0.25) is 0 Å². The highest BCUT2D eigenvalue weighted by Crippen LogP contribution is 2.47. The topological polar surface area (TPSA) is 210 Å². The molecule has 1 aliphatic carbocycles. The zero-order valence-electron chi connectivity index (χ0n) is 40.8. The van der Waals surface area contributed by atoms with Crippen LogP contribution in [0, 0.1) is 0 Å². The van der Waals surface area contributed by atoms with Gasteiger partial charge in [-0.15, -0.1) is 0 Å². The van der Waals surface area contributed by atoms with E-state index in [0.29, 0.717) is 19.3 Å². The summed E-state index contributed by atoms with van der Waals surface area (Å²) < 4.78 is 33.6. The first-order chi connectivity index (χ1) is 31.4. The van der Waals surface area contributed by atoms with Crippen molar-refractivity contribution in [3.05, 3.63) is 24.3 Å². The maximum absolute atomic E-state index is 12.8. The van der Waals surface area contributed by atoms with E-state index in [4.69, 9.17) is 18.5 Å². The van der Waals surface area contributed by atoms with Crippen LogP contribution in [0.25, 0.3) is 0 Å². The fraction of sp³-hybridized carbons (Fsp3) is 0.882. The molecule has 13 nitrogen and oxygen atoms in total. The van der Waals surface area contributed by atoms with E-state index in [1.165, 1.54) is 154 Å². The highest BCUT2D eigenvalue weighted by atomic mass is 31.2. The summed E-state index contributed by atoms with van der Waals surface area (Å²) in [7, 11) is -5.13.